The fourth-order valence-electron chi connectivity index (χ4n) is 2.94. The Balaban J connectivity index is 1.67. The lowest BCUT2D eigenvalue weighted by Crippen LogP contribution is -2.39. The molecule has 0 unspecified atom stereocenters. The van der Waals surface area contributed by atoms with Crippen molar-refractivity contribution in [2.45, 2.75) is 13.5 Å². The quantitative estimate of drug-likeness (QED) is 0.804. The molecule has 0 aromatic heterocycles. The molecule has 0 aliphatic carbocycles. The van der Waals surface area contributed by atoms with E-state index in [1.54, 1.807) is 6.08 Å². The molecule has 1 amide bonds. The molecule has 2 aromatic rings. The molecule has 0 saturated heterocycles. The van der Waals surface area contributed by atoms with Crippen LogP contribution >= 0.6 is 0 Å². The van der Waals surface area contributed by atoms with Crippen LogP contribution in [0.1, 0.15) is 18.1 Å². The fourth-order valence-corrected chi connectivity index (χ4v) is 2.94. The number of carbonyl (C=O) groups excluding carboxylic acids is 1. The summed E-state index contributed by atoms with van der Waals surface area (Å²) in [5.74, 6) is 0.262. The number of benzene rings is 2. The van der Waals surface area contributed by atoms with Crippen LogP contribution in [0.4, 0.5) is 0 Å². The Morgan fingerprint density at radius 3 is 2.33 bits per heavy atom. The minimum absolute atomic E-state index is 0.197. The summed E-state index contributed by atoms with van der Waals surface area (Å²) in [5, 5.41) is 8.93. The van der Waals surface area contributed by atoms with Gasteiger partial charge in [-0.1, -0.05) is 67.2 Å². The predicted octanol–water partition coefficient (Wildman–Crippen LogP) is 3.33. The van der Waals surface area contributed by atoms with Crippen LogP contribution in [0.5, 0.6) is 0 Å². The molecule has 0 saturated carbocycles. The van der Waals surface area contributed by atoms with E-state index < -0.39 is 0 Å². The van der Waals surface area contributed by atoms with Gasteiger partial charge in [-0.25, -0.2) is 0 Å². The molecule has 1 aliphatic rings. The molecule has 0 spiro atoms. The number of hydrazone groups is 1. The van der Waals surface area contributed by atoms with Crippen LogP contribution in [-0.4, -0.2) is 35.1 Å². The van der Waals surface area contributed by atoms with Gasteiger partial charge in [-0.15, -0.1) is 0 Å². The molecule has 3 rings (SSSR count). The summed E-state index contributed by atoms with van der Waals surface area (Å²) in [5.41, 5.74) is 3.76. The average Bonchev–Trinajstić information content (AvgIpc) is 2.66. The van der Waals surface area contributed by atoms with Crippen LogP contribution < -0.4 is 5.32 Å². The number of rotatable bonds is 6. The lowest BCUT2D eigenvalue weighted by molar-refractivity contribution is -0.125. The Labute approximate surface area is 160 Å². The van der Waals surface area contributed by atoms with Crippen molar-refractivity contribution >= 4 is 11.6 Å². The lowest BCUT2D eigenvalue weighted by Gasteiger charge is -2.28. The van der Waals surface area contributed by atoms with Gasteiger partial charge in [0, 0.05) is 24.9 Å². The Hall–Kier alpha value is -3.18. The summed E-state index contributed by atoms with van der Waals surface area (Å²) in [6, 6.07) is 20.0. The van der Waals surface area contributed by atoms with E-state index in [9.17, 15) is 4.79 Å². The van der Waals surface area contributed by atoms with E-state index in [2.05, 4.69) is 34.0 Å². The molecule has 0 fully saturated rings. The summed E-state index contributed by atoms with van der Waals surface area (Å²) < 4.78 is 0. The minimum Gasteiger partial charge on any atom is -0.343 e. The summed E-state index contributed by atoms with van der Waals surface area (Å²) in [7, 11) is 2.02. The zero-order valence-corrected chi connectivity index (χ0v) is 15.7. The molecule has 5 nitrogen and oxygen atoms in total. The number of carbonyl (C=O) groups is 1. The van der Waals surface area contributed by atoms with Crippen molar-refractivity contribution < 1.29 is 4.79 Å². The molecule has 0 atom stereocenters. The van der Waals surface area contributed by atoms with Gasteiger partial charge in [0.05, 0.1) is 5.71 Å². The highest BCUT2D eigenvalue weighted by molar-refractivity contribution is 6.00. The Morgan fingerprint density at radius 2 is 1.70 bits per heavy atom. The molecule has 1 N–H and O–H groups in total. The molecule has 1 aliphatic heterocycles. The van der Waals surface area contributed by atoms with Gasteiger partial charge in [0.2, 0.25) is 0 Å². The molecule has 2 aromatic carbocycles. The Kier molecular flexibility index (Phi) is 5.84. The zero-order valence-electron chi connectivity index (χ0n) is 15.7. The van der Waals surface area contributed by atoms with Gasteiger partial charge in [0.15, 0.2) is 0 Å². The largest absolute Gasteiger partial charge is 0.343 e. The third-order valence-electron chi connectivity index (χ3n) is 4.24. The van der Waals surface area contributed by atoms with Gasteiger partial charge in [-0.05, 0) is 25.1 Å². The molecule has 5 heteroatoms. The van der Waals surface area contributed by atoms with E-state index in [0.717, 1.165) is 23.5 Å². The second-order valence-corrected chi connectivity index (χ2v) is 6.60. The SMILES string of the molecule is C=C1NC(CN(C)Cc2ccccc2)=CC(=O)N1/N=C(\C)c1ccccc1. The maximum absolute atomic E-state index is 12.5. The van der Waals surface area contributed by atoms with Crippen LogP contribution in [0.2, 0.25) is 0 Å². The number of nitrogens with one attached hydrogen (secondary N) is 1. The normalized spacial score (nSPS) is 15.0. The van der Waals surface area contributed by atoms with Gasteiger partial charge >= 0.3 is 0 Å². The standard InChI is InChI=1S/C22H24N4O/c1-17(20-12-8-5-9-13-20)24-26-18(2)23-21(14-22(26)27)16-25(3)15-19-10-6-4-7-11-19/h4-14,23H,2,15-16H2,1,3H3/b24-17+. The van der Waals surface area contributed by atoms with E-state index >= 15 is 0 Å². The summed E-state index contributed by atoms with van der Waals surface area (Å²) in [6.45, 7) is 7.26. The van der Waals surface area contributed by atoms with E-state index in [1.165, 1.54) is 10.6 Å². The highest BCUT2D eigenvalue weighted by Gasteiger charge is 2.22. The molecule has 1 heterocycles. The van der Waals surface area contributed by atoms with E-state index in [4.69, 9.17) is 0 Å². The first kappa shape index (κ1) is 18.6. The smallest absolute Gasteiger partial charge is 0.274 e. The van der Waals surface area contributed by atoms with Gasteiger partial charge in [0.25, 0.3) is 5.91 Å². The van der Waals surface area contributed by atoms with Gasteiger partial charge < -0.3 is 5.32 Å². The molecular weight excluding hydrogens is 336 g/mol. The molecule has 0 radical (unpaired) electrons. The first-order chi connectivity index (χ1) is 13.0. The number of hydrogen-bond donors (Lipinski definition) is 1. The second-order valence-electron chi connectivity index (χ2n) is 6.60. The molecule has 0 bridgehead atoms. The number of nitrogens with zero attached hydrogens (tertiary/aromatic N) is 3. The average molecular weight is 360 g/mol. The summed E-state index contributed by atoms with van der Waals surface area (Å²) in [4.78, 5) is 14.7. The van der Waals surface area contributed by atoms with Crippen molar-refractivity contribution in [2.75, 3.05) is 13.6 Å². The molecular formula is C22H24N4O. The van der Waals surface area contributed by atoms with Crippen molar-refractivity contribution in [1.82, 2.24) is 15.2 Å². The Bertz CT molecular complexity index is 872. The van der Waals surface area contributed by atoms with Crippen molar-refractivity contribution in [3.63, 3.8) is 0 Å². The van der Waals surface area contributed by atoms with Gasteiger partial charge in [-0.2, -0.15) is 10.1 Å². The fraction of sp³-hybridized carbons (Fsp3) is 0.182. The third-order valence-corrected chi connectivity index (χ3v) is 4.24. The van der Waals surface area contributed by atoms with Crippen LogP contribution in [-0.2, 0) is 11.3 Å². The number of amides is 1. The van der Waals surface area contributed by atoms with Gasteiger partial charge in [-0.3, -0.25) is 9.69 Å². The highest BCUT2D eigenvalue weighted by Crippen LogP contribution is 2.14. The van der Waals surface area contributed by atoms with Crippen molar-refractivity contribution in [3.05, 3.63) is 96.0 Å². The zero-order chi connectivity index (χ0) is 19.2. The van der Waals surface area contributed by atoms with Crippen molar-refractivity contribution in [1.29, 1.82) is 0 Å². The van der Waals surface area contributed by atoms with E-state index in [0.29, 0.717) is 12.4 Å². The summed E-state index contributed by atoms with van der Waals surface area (Å²) in [6.07, 6.45) is 1.58. The van der Waals surface area contributed by atoms with E-state index in [1.807, 2.05) is 62.5 Å². The van der Waals surface area contributed by atoms with Crippen LogP contribution in [0.15, 0.2) is 89.9 Å². The van der Waals surface area contributed by atoms with Gasteiger partial charge in [0.1, 0.15) is 5.82 Å². The Morgan fingerprint density at radius 1 is 1.07 bits per heavy atom. The van der Waals surface area contributed by atoms with Crippen molar-refractivity contribution in [3.8, 4) is 0 Å². The maximum Gasteiger partial charge on any atom is 0.274 e. The van der Waals surface area contributed by atoms with Crippen LogP contribution in [0.25, 0.3) is 0 Å². The highest BCUT2D eigenvalue weighted by atomic mass is 16.2. The topological polar surface area (TPSA) is 47.9 Å². The lowest BCUT2D eigenvalue weighted by atomic mass is 10.1. The molecule has 27 heavy (non-hydrogen) atoms. The first-order valence-electron chi connectivity index (χ1n) is 8.86. The number of hydrogen-bond acceptors (Lipinski definition) is 4. The van der Waals surface area contributed by atoms with Crippen molar-refractivity contribution in [2.24, 2.45) is 5.10 Å². The first-order valence-corrected chi connectivity index (χ1v) is 8.86. The summed E-state index contributed by atoms with van der Waals surface area (Å²) >= 11 is 0. The third kappa shape index (κ3) is 4.92. The second kappa shape index (κ2) is 8.47. The van der Waals surface area contributed by atoms with E-state index in [-0.39, 0.29) is 5.91 Å². The predicted molar refractivity (Wildman–Crippen MR) is 109 cm³/mol. The van der Waals surface area contributed by atoms with Crippen LogP contribution in [0, 0.1) is 0 Å². The van der Waals surface area contributed by atoms with Crippen LogP contribution in [0.3, 0.4) is 0 Å². The minimum atomic E-state index is -0.197. The monoisotopic (exact) mass is 360 g/mol. The number of likely N-dealkylation sites (N-methyl/N-ethyl adjacent to an activating group) is 1. The maximum atomic E-state index is 12.5. The molecule has 138 valence electrons.